The van der Waals surface area contributed by atoms with Gasteiger partial charge >= 0.3 is 0 Å². The van der Waals surface area contributed by atoms with Crippen LogP contribution in [0.4, 0.5) is 11.4 Å². The Morgan fingerprint density at radius 1 is 1.55 bits per heavy atom. The number of benzene rings is 1. The second-order valence-electron chi connectivity index (χ2n) is 4.09. The molecule has 3 N–H and O–H groups in total. The molecule has 8 heteroatoms. The minimum Gasteiger partial charge on any atom is -0.373 e. The molecular formula is C12H12N4O3S. The molecule has 2 rings (SSSR count). The molecule has 104 valence electrons. The second-order valence-corrected chi connectivity index (χ2v) is 5.03. The summed E-state index contributed by atoms with van der Waals surface area (Å²) in [6, 6.07) is 3.97. The van der Waals surface area contributed by atoms with E-state index in [1.807, 2.05) is 12.3 Å². The van der Waals surface area contributed by atoms with Gasteiger partial charge in [0.1, 0.15) is 10.7 Å². The normalized spacial score (nSPS) is 10.2. The van der Waals surface area contributed by atoms with Crippen LogP contribution in [-0.2, 0) is 6.54 Å². The van der Waals surface area contributed by atoms with E-state index in [0.717, 1.165) is 10.7 Å². The van der Waals surface area contributed by atoms with Crippen molar-refractivity contribution in [3.8, 4) is 0 Å². The molecule has 0 unspecified atom stereocenters. The fourth-order valence-electron chi connectivity index (χ4n) is 1.64. The Labute approximate surface area is 118 Å². The van der Waals surface area contributed by atoms with Crippen LogP contribution in [0.2, 0.25) is 0 Å². The van der Waals surface area contributed by atoms with E-state index in [-0.39, 0.29) is 16.9 Å². The van der Waals surface area contributed by atoms with Crippen LogP contribution in [0.25, 0.3) is 0 Å². The number of aryl methyl sites for hydroxylation is 1. The summed E-state index contributed by atoms with van der Waals surface area (Å²) < 4.78 is 0. The van der Waals surface area contributed by atoms with E-state index in [0.29, 0.717) is 6.54 Å². The Balaban J connectivity index is 2.25. The maximum atomic E-state index is 11.1. The van der Waals surface area contributed by atoms with Crippen LogP contribution in [0.1, 0.15) is 21.1 Å². The number of nitrogens with one attached hydrogen (secondary N) is 1. The molecule has 0 fully saturated rings. The molecule has 0 saturated carbocycles. The van der Waals surface area contributed by atoms with Gasteiger partial charge in [0.2, 0.25) is 5.91 Å². The molecule has 20 heavy (non-hydrogen) atoms. The average molecular weight is 292 g/mol. The first-order valence-electron chi connectivity index (χ1n) is 5.70. The minimum atomic E-state index is -0.631. The molecule has 7 nitrogen and oxygen atoms in total. The summed E-state index contributed by atoms with van der Waals surface area (Å²) in [4.78, 5) is 25.8. The second kappa shape index (κ2) is 5.66. The molecule has 1 amide bonds. The number of hydrogen-bond donors (Lipinski definition) is 2. The van der Waals surface area contributed by atoms with Gasteiger partial charge in [-0.05, 0) is 19.1 Å². The summed E-state index contributed by atoms with van der Waals surface area (Å²) in [6.45, 7) is 2.22. The van der Waals surface area contributed by atoms with Gasteiger partial charge in [-0.15, -0.1) is 11.3 Å². The lowest BCUT2D eigenvalue weighted by Crippen LogP contribution is -2.12. The SMILES string of the molecule is Cc1csc(CNc2cc(C(N)=O)ccc2[N+](=O)[O-])n1. The minimum absolute atomic E-state index is 0.108. The molecule has 0 aliphatic carbocycles. The largest absolute Gasteiger partial charge is 0.373 e. The maximum Gasteiger partial charge on any atom is 0.292 e. The van der Waals surface area contributed by atoms with E-state index in [9.17, 15) is 14.9 Å². The summed E-state index contributed by atoms with van der Waals surface area (Å²) in [7, 11) is 0. The number of aromatic nitrogens is 1. The van der Waals surface area contributed by atoms with Crippen molar-refractivity contribution in [2.45, 2.75) is 13.5 Å². The van der Waals surface area contributed by atoms with Crippen LogP contribution in [0.3, 0.4) is 0 Å². The number of primary amides is 1. The lowest BCUT2D eigenvalue weighted by molar-refractivity contribution is -0.384. The molecule has 0 spiro atoms. The number of nitrogens with zero attached hydrogens (tertiary/aromatic N) is 2. The van der Waals surface area contributed by atoms with E-state index in [2.05, 4.69) is 10.3 Å². The lowest BCUT2D eigenvalue weighted by Gasteiger charge is -2.06. The molecule has 1 aromatic heterocycles. The van der Waals surface area contributed by atoms with E-state index < -0.39 is 10.8 Å². The highest BCUT2D eigenvalue weighted by Crippen LogP contribution is 2.26. The summed E-state index contributed by atoms with van der Waals surface area (Å²) in [5, 5.41) is 16.6. The molecular weight excluding hydrogens is 280 g/mol. The van der Waals surface area contributed by atoms with Gasteiger partial charge in [-0.1, -0.05) is 0 Å². The Bertz CT molecular complexity index is 668. The molecule has 0 bridgehead atoms. The van der Waals surface area contributed by atoms with Crippen molar-refractivity contribution in [3.05, 3.63) is 50.0 Å². The third kappa shape index (κ3) is 3.09. The first-order chi connectivity index (χ1) is 9.47. The quantitative estimate of drug-likeness (QED) is 0.647. The third-order valence-electron chi connectivity index (χ3n) is 2.57. The van der Waals surface area contributed by atoms with Gasteiger partial charge in [-0.3, -0.25) is 14.9 Å². The summed E-state index contributed by atoms with van der Waals surface area (Å²) in [5.74, 6) is -0.631. The summed E-state index contributed by atoms with van der Waals surface area (Å²) >= 11 is 1.46. The topological polar surface area (TPSA) is 111 Å². The summed E-state index contributed by atoms with van der Waals surface area (Å²) in [5.41, 5.74) is 6.43. The fourth-order valence-corrected chi connectivity index (χ4v) is 2.36. The van der Waals surface area contributed by atoms with Crippen molar-refractivity contribution in [1.82, 2.24) is 4.98 Å². The molecule has 2 aromatic rings. The molecule has 0 atom stereocenters. The van der Waals surface area contributed by atoms with Gasteiger partial charge in [0.15, 0.2) is 0 Å². The number of nitrogens with two attached hydrogens (primary N) is 1. The van der Waals surface area contributed by atoms with Gasteiger partial charge in [-0.2, -0.15) is 0 Å². The van der Waals surface area contributed by atoms with Crippen LogP contribution >= 0.6 is 11.3 Å². The van der Waals surface area contributed by atoms with E-state index in [4.69, 9.17) is 5.73 Å². The molecule has 1 aromatic carbocycles. The zero-order valence-corrected chi connectivity index (χ0v) is 11.4. The monoisotopic (exact) mass is 292 g/mol. The zero-order chi connectivity index (χ0) is 14.7. The molecule has 1 heterocycles. The Kier molecular flexibility index (Phi) is 3.94. The van der Waals surface area contributed by atoms with Gasteiger partial charge in [0, 0.05) is 22.7 Å². The number of thiazole rings is 1. The third-order valence-corrected chi connectivity index (χ3v) is 3.54. The smallest absolute Gasteiger partial charge is 0.292 e. The van der Waals surface area contributed by atoms with Gasteiger partial charge in [0.25, 0.3) is 5.69 Å². The molecule has 0 saturated heterocycles. The van der Waals surface area contributed by atoms with Crippen LogP contribution in [0.5, 0.6) is 0 Å². The number of rotatable bonds is 5. The number of nitro groups is 1. The van der Waals surface area contributed by atoms with Crippen molar-refractivity contribution in [2.24, 2.45) is 5.73 Å². The van der Waals surface area contributed by atoms with Crippen LogP contribution in [-0.4, -0.2) is 15.8 Å². The Morgan fingerprint density at radius 3 is 2.85 bits per heavy atom. The average Bonchev–Trinajstić information content (AvgIpc) is 2.81. The Hall–Kier alpha value is -2.48. The van der Waals surface area contributed by atoms with Crippen molar-refractivity contribution < 1.29 is 9.72 Å². The van der Waals surface area contributed by atoms with E-state index >= 15 is 0 Å². The predicted octanol–water partition coefficient (Wildman–Crippen LogP) is 2.07. The van der Waals surface area contributed by atoms with Crippen LogP contribution in [0.15, 0.2) is 23.6 Å². The number of hydrogen-bond acceptors (Lipinski definition) is 6. The van der Waals surface area contributed by atoms with E-state index in [1.165, 1.54) is 29.5 Å². The molecule has 0 aliphatic rings. The number of carbonyl (C=O) groups is 1. The lowest BCUT2D eigenvalue weighted by atomic mass is 10.1. The number of carbonyl (C=O) groups excluding carboxylic acids is 1. The van der Waals surface area contributed by atoms with Crippen molar-refractivity contribution in [3.63, 3.8) is 0 Å². The first-order valence-corrected chi connectivity index (χ1v) is 6.58. The van der Waals surface area contributed by atoms with Crippen molar-refractivity contribution in [2.75, 3.05) is 5.32 Å². The number of nitro benzene ring substituents is 1. The number of amides is 1. The van der Waals surface area contributed by atoms with Crippen molar-refractivity contribution in [1.29, 1.82) is 0 Å². The standard InChI is InChI=1S/C12H12N4O3S/c1-7-6-20-11(15-7)5-14-9-4-8(12(13)17)2-3-10(9)16(18)19/h2-4,6,14H,5H2,1H3,(H2,13,17). The van der Waals surface area contributed by atoms with Crippen LogP contribution < -0.4 is 11.1 Å². The fraction of sp³-hybridized carbons (Fsp3) is 0.167. The van der Waals surface area contributed by atoms with Crippen LogP contribution in [0, 0.1) is 17.0 Å². The highest BCUT2D eigenvalue weighted by molar-refractivity contribution is 7.09. The Morgan fingerprint density at radius 2 is 2.30 bits per heavy atom. The van der Waals surface area contributed by atoms with Gasteiger partial charge in [-0.25, -0.2) is 4.98 Å². The van der Waals surface area contributed by atoms with E-state index in [1.54, 1.807) is 0 Å². The molecule has 0 aliphatic heterocycles. The molecule has 0 radical (unpaired) electrons. The predicted molar refractivity (Wildman–Crippen MR) is 75.8 cm³/mol. The van der Waals surface area contributed by atoms with Gasteiger partial charge in [0.05, 0.1) is 11.5 Å². The zero-order valence-electron chi connectivity index (χ0n) is 10.6. The summed E-state index contributed by atoms with van der Waals surface area (Å²) in [6.07, 6.45) is 0. The van der Waals surface area contributed by atoms with Crippen molar-refractivity contribution >= 4 is 28.6 Å². The maximum absolute atomic E-state index is 11.1. The first kappa shape index (κ1) is 13.9. The highest BCUT2D eigenvalue weighted by atomic mass is 32.1. The highest BCUT2D eigenvalue weighted by Gasteiger charge is 2.16. The van der Waals surface area contributed by atoms with Gasteiger partial charge < -0.3 is 11.1 Å². The number of anilines is 1.